The first-order valence-corrected chi connectivity index (χ1v) is 11.2. The van der Waals surface area contributed by atoms with Gasteiger partial charge in [-0.1, -0.05) is 44.2 Å². The van der Waals surface area contributed by atoms with E-state index in [1.165, 1.54) is 24.5 Å². The fourth-order valence-corrected chi connectivity index (χ4v) is 3.64. The summed E-state index contributed by atoms with van der Waals surface area (Å²) in [5, 5.41) is 0. The van der Waals surface area contributed by atoms with Crippen molar-refractivity contribution >= 4 is 11.4 Å². The molecule has 0 bridgehead atoms. The molecule has 2 aliphatic heterocycles. The summed E-state index contributed by atoms with van der Waals surface area (Å²) in [6.45, 7) is 13.1. The van der Waals surface area contributed by atoms with Gasteiger partial charge in [0.1, 0.15) is 5.75 Å². The molecule has 0 amide bonds. The van der Waals surface area contributed by atoms with Crippen molar-refractivity contribution < 1.29 is 4.74 Å². The average Bonchev–Trinajstić information content (AvgIpc) is 2.82. The second-order valence-electron chi connectivity index (χ2n) is 7.59. The van der Waals surface area contributed by atoms with Crippen molar-refractivity contribution in [2.24, 2.45) is 0 Å². The minimum Gasteiger partial charge on any atom is -0.495 e. The number of hydrogen-bond acceptors (Lipinski definition) is 5. The highest BCUT2D eigenvalue weighted by atomic mass is 16.5. The lowest BCUT2D eigenvalue weighted by Gasteiger charge is -2.34. The fraction of sp³-hybridized carbons (Fsp3) is 0.520. The summed E-state index contributed by atoms with van der Waals surface area (Å²) in [5.74, 6) is 0.974. The smallest absolute Gasteiger partial charge is 0.142 e. The van der Waals surface area contributed by atoms with E-state index < -0.39 is 0 Å². The predicted molar refractivity (Wildman–Crippen MR) is 130 cm³/mol. The molecule has 0 radical (unpaired) electrons. The van der Waals surface area contributed by atoms with Crippen LogP contribution in [-0.2, 0) is 0 Å². The number of anilines is 2. The van der Waals surface area contributed by atoms with E-state index in [0.29, 0.717) is 0 Å². The summed E-state index contributed by atoms with van der Waals surface area (Å²) in [6.07, 6.45) is 0. The Labute approximate surface area is 183 Å². The Balaban J connectivity index is 0.000000199. The molecule has 0 atom stereocenters. The number of hydrogen-bond donors (Lipinski definition) is 0. The van der Waals surface area contributed by atoms with Crippen LogP contribution in [0.1, 0.15) is 13.8 Å². The molecule has 2 aromatic rings. The van der Waals surface area contributed by atoms with E-state index in [1.54, 1.807) is 7.11 Å². The molecular weight excluding hydrogens is 372 g/mol. The van der Waals surface area contributed by atoms with E-state index >= 15 is 0 Å². The van der Waals surface area contributed by atoms with Gasteiger partial charge in [-0.2, -0.15) is 0 Å². The quantitative estimate of drug-likeness (QED) is 0.760. The summed E-state index contributed by atoms with van der Waals surface area (Å²) in [5.41, 5.74) is 2.57. The zero-order valence-electron chi connectivity index (χ0n) is 19.6. The maximum Gasteiger partial charge on any atom is 0.142 e. The van der Waals surface area contributed by atoms with Crippen molar-refractivity contribution in [3.8, 4) is 5.75 Å². The standard InChI is InChI=1S/C12H18N2O.C11H16N2.C2H6/c1-13-7-9-14(10-8-13)11-5-3-4-6-12(11)15-2;1-12-7-9-13(10-8-12)11-5-3-2-4-6-11;1-2/h3-6H,7-10H2,1-2H3;2-6H,7-10H2,1H3;1-2H3. The molecule has 5 nitrogen and oxygen atoms in total. The SMILES string of the molecule is CC.CN1CCN(c2ccccc2)CC1.COc1ccccc1N1CCN(C)CC1. The number of para-hydroxylation sites is 3. The molecule has 0 aromatic heterocycles. The van der Waals surface area contributed by atoms with Gasteiger partial charge in [-0.3, -0.25) is 0 Å². The van der Waals surface area contributed by atoms with Crippen LogP contribution in [0.15, 0.2) is 54.6 Å². The molecule has 0 aliphatic carbocycles. The number of nitrogens with zero attached hydrogens (tertiary/aromatic N) is 4. The Bertz CT molecular complexity index is 693. The van der Waals surface area contributed by atoms with E-state index in [-0.39, 0.29) is 0 Å². The van der Waals surface area contributed by atoms with Gasteiger partial charge in [-0.15, -0.1) is 0 Å². The average molecular weight is 413 g/mol. The summed E-state index contributed by atoms with van der Waals surface area (Å²) < 4.78 is 5.37. The Hall–Kier alpha value is -2.24. The first kappa shape index (κ1) is 24.0. The highest BCUT2D eigenvalue weighted by molar-refractivity contribution is 5.58. The van der Waals surface area contributed by atoms with Gasteiger partial charge < -0.3 is 24.3 Å². The second-order valence-corrected chi connectivity index (χ2v) is 7.59. The Kier molecular flexibility index (Phi) is 10.5. The van der Waals surface area contributed by atoms with Crippen molar-refractivity contribution in [2.75, 3.05) is 83.4 Å². The third kappa shape index (κ3) is 7.22. The molecule has 2 aliphatic rings. The molecule has 0 N–H and O–H groups in total. The summed E-state index contributed by atoms with van der Waals surface area (Å²) >= 11 is 0. The second kappa shape index (κ2) is 13.1. The van der Waals surface area contributed by atoms with E-state index in [0.717, 1.165) is 45.0 Å². The normalized spacial score (nSPS) is 17.4. The van der Waals surface area contributed by atoms with E-state index in [2.05, 4.69) is 76.2 Å². The molecular formula is C25H40N4O. The van der Waals surface area contributed by atoms with Crippen LogP contribution in [0, 0.1) is 0 Å². The predicted octanol–water partition coefficient (Wildman–Crippen LogP) is 3.91. The topological polar surface area (TPSA) is 22.2 Å². The monoisotopic (exact) mass is 412 g/mol. The fourth-order valence-electron chi connectivity index (χ4n) is 3.64. The first-order valence-electron chi connectivity index (χ1n) is 11.2. The van der Waals surface area contributed by atoms with Crippen molar-refractivity contribution in [1.29, 1.82) is 0 Å². The molecule has 2 fully saturated rings. The highest BCUT2D eigenvalue weighted by Gasteiger charge is 2.16. The molecule has 2 saturated heterocycles. The largest absolute Gasteiger partial charge is 0.495 e. The van der Waals surface area contributed by atoms with Crippen LogP contribution in [0.25, 0.3) is 0 Å². The Morgan fingerprint density at radius 1 is 0.600 bits per heavy atom. The van der Waals surface area contributed by atoms with Gasteiger partial charge in [0.05, 0.1) is 12.8 Å². The molecule has 166 valence electrons. The van der Waals surface area contributed by atoms with Gasteiger partial charge in [-0.25, -0.2) is 0 Å². The number of methoxy groups -OCH3 is 1. The van der Waals surface area contributed by atoms with Gasteiger partial charge in [0, 0.05) is 58.0 Å². The van der Waals surface area contributed by atoms with E-state index in [1.807, 2.05) is 26.0 Å². The molecule has 0 unspecified atom stereocenters. The maximum absolute atomic E-state index is 5.37. The van der Waals surface area contributed by atoms with Crippen molar-refractivity contribution in [3.05, 3.63) is 54.6 Å². The summed E-state index contributed by atoms with van der Waals surface area (Å²) in [7, 11) is 6.08. The van der Waals surface area contributed by atoms with Gasteiger partial charge >= 0.3 is 0 Å². The van der Waals surface area contributed by atoms with Crippen LogP contribution >= 0.6 is 0 Å². The first-order chi connectivity index (χ1) is 14.7. The van der Waals surface area contributed by atoms with Gasteiger partial charge in [0.25, 0.3) is 0 Å². The molecule has 5 heteroatoms. The number of likely N-dealkylation sites (N-methyl/N-ethyl adjacent to an activating group) is 2. The summed E-state index contributed by atoms with van der Waals surface area (Å²) in [6, 6.07) is 18.9. The number of ether oxygens (including phenoxy) is 1. The van der Waals surface area contributed by atoms with Crippen LogP contribution < -0.4 is 14.5 Å². The molecule has 0 spiro atoms. The van der Waals surface area contributed by atoms with Crippen molar-refractivity contribution in [1.82, 2.24) is 9.80 Å². The number of piperazine rings is 2. The van der Waals surface area contributed by atoms with Crippen LogP contribution in [0.4, 0.5) is 11.4 Å². The third-order valence-corrected chi connectivity index (χ3v) is 5.55. The highest BCUT2D eigenvalue weighted by Crippen LogP contribution is 2.28. The van der Waals surface area contributed by atoms with Gasteiger partial charge in [-0.05, 0) is 38.4 Å². The van der Waals surface area contributed by atoms with Crippen LogP contribution in [0.3, 0.4) is 0 Å². The summed E-state index contributed by atoms with van der Waals surface area (Å²) in [4.78, 5) is 9.56. The lowest BCUT2D eigenvalue weighted by Crippen LogP contribution is -2.44. The van der Waals surface area contributed by atoms with Crippen molar-refractivity contribution in [2.45, 2.75) is 13.8 Å². The van der Waals surface area contributed by atoms with Crippen molar-refractivity contribution in [3.63, 3.8) is 0 Å². The van der Waals surface area contributed by atoms with E-state index in [4.69, 9.17) is 4.74 Å². The molecule has 2 heterocycles. The maximum atomic E-state index is 5.37. The minimum absolute atomic E-state index is 0.974. The molecule has 4 rings (SSSR count). The minimum atomic E-state index is 0.974. The Morgan fingerprint density at radius 3 is 1.60 bits per heavy atom. The molecule has 2 aromatic carbocycles. The van der Waals surface area contributed by atoms with Crippen LogP contribution in [0.2, 0.25) is 0 Å². The van der Waals surface area contributed by atoms with E-state index in [9.17, 15) is 0 Å². The van der Waals surface area contributed by atoms with Gasteiger partial charge in [0.2, 0.25) is 0 Å². The van der Waals surface area contributed by atoms with Gasteiger partial charge in [0.15, 0.2) is 0 Å². The van der Waals surface area contributed by atoms with Crippen LogP contribution in [0.5, 0.6) is 5.75 Å². The van der Waals surface area contributed by atoms with Crippen LogP contribution in [-0.4, -0.2) is 83.4 Å². The number of benzene rings is 2. The number of rotatable bonds is 3. The molecule has 0 saturated carbocycles. The third-order valence-electron chi connectivity index (χ3n) is 5.55. The molecule has 30 heavy (non-hydrogen) atoms. The zero-order chi connectivity index (χ0) is 21.8. The zero-order valence-corrected chi connectivity index (χ0v) is 19.6. The lowest BCUT2D eigenvalue weighted by molar-refractivity contribution is 0.311. The Morgan fingerprint density at radius 2 is 1.07 bits per heavy atom. The lowest BCUT2D eigenvalue weighted by atomic mass is 10.2.